The van der Waals surface area contributed by atoms with Crippen LogP contribution in [0.2, 0.25) is 0 Å². The number of benzene rings is 1. The van der Waals surface area contributed by atoms with E-state index in [1.54, 1.807) is 18.3 Å². The van der Waals surface area contributed by atoms with E-state index in [-0.39, 0.29) is 5.69 Å². The van der Waals surface area contributed by atoms with Crippen LogP contribution in [0.15, 0.2) is 30.5 Å². The van der Waals surface area contributed by atoms with Crippen molar-refractivity contribution in [3.8, 4) is 0 Å². The molecule has 0 spiro atoms. The minimum Gasteiger partial charge on any atom is -0.383 e. The molecule has 6 nitrogen and oxygen atoms in total. The fraction of sp³-hybridized carbons (Fsp3) is 0.357. The van der Waals surface area contributed by atoms with Crippen LogP contribution in [0, 0.1) is 10.1 Å². The smallest absolute Gasteiger partial charge is 0.295 e. The van der Waals surface area contributed by atoms with Crippen molar-refractivity contribution in [3.63, 3.8) is 0 Å². The van der Waals surface area contributed by atoms with E-state index < -0.39 is 4.92 Å². The van der Waals surface area contributed by atoms with Gasteiger partial charge in [0.2, 0.25) is 0 Å². The number of hydrogen-bond donors (Lipinski definition) is 1. The SMILES string of the molecule is CC(CNc1ccc([N+](=O)[O-])c2ncccc12)N(C)C. The molecule has 1 unspecified atom stereocenters. The molecule has 0 aliphatic carbocycles. The molecule has 2 rings (SSSR count). The van der Waals surface area contributed by atoms with Gasteiger partial charge in [0, 0.05) is 35.9 Å². The zero-order valence-corrected chi connectivity index (χ0v) is 11.8. The van der Waals surface area contributed by atoms with Crippen molar-refractivity contribution < 1.29 is 4.92 Å². The Kier molecular flexibility index (Phi) is 4.14. The van der Waals surface area contributed by atoms with Crippen LogP contribution in [0.4, 0.5) is 11.4 Å². The number of nitrogens with one attached hydrogen (secondary N) is 1. The molecule has 1 heterocycles. The van der Waals surface area contributed by atoms with Gasteiger partial charge in [-0.2, -0.15) is 0 Å². The topological polar surface area (TPSA) is 71.3 Å². The molecule has 106 valence electrons. The second kappa shape index (κ2) is 5.83. The molecule has 1 N–H and O–H groups in total. The summed E-state index contributed by atoms with van der Waals surface area (Å²) >= 11 is 0. The maximum absolute atomic E-state index is 11.0. The number of aromatic nitrogens is 1. The van der Waals surface area contributed by atoms with Crippen molar-refractivity contribution >= 4 is 22.3 Å². The summed E-state index contributed by atoms with van der Waals surface area (Å²) < 4.78 is 0. The van der Waals surface area contributed by atoms with Crippen molar-refractivity contribution in [3.05, 3.63) is 40.6 Å². The van der Waals surface area contributed by atoms with E-state index >= 15 is 0 Å². The van der Waals surface area contributed by atoms with Crippen molar-refractivity contribution in [1.82, 2.24) is 9.88 Å². The number of fused-ring (bicyclic) bond motifs is 1. The third-order valence-electron chi connectivity index (χ3n) is 3.41. The van der Waals surface area contributed by atoms with Gasteiger partial charge in [0.1, 0.15) is 5.52 Å². The predicted molar refractivity (Wildman–Crippen MR) is 80.0 cm³/mol. The Hall–Kier alpha value is -2.21. The Morgan fingerprint density at radius 2 is 2.15 bits per heavy atom. The Bertz CT molecular complexity index is 628. The average Bonchev–Trinajstić information content (AvgIpc) is 2.43. The van der Waals surface area contributed by atoms with Gasteiger partial charge in [0.05, 0.1) is 4.92 Å². The third kappa shape index (κ3) is 2.85. The first-order chi connectivity index (χ1) is 9.50. The molecular weight excluding hydrogens is 256 g/mol. The van der Waals surface area contributed by atoms with E-state index in [1.807, 2.05) is 20.2 Å². The second-order valence-corrected chi connectivity index (χ2v) is 4.98. The summed E-state index contributed by atoms with van der Waals surface area (Å²) in [7, 11) is 4.03. The van der Waals surface area contributed by atoms with Crippen LogP contribution >= 0.6 is 0 Å². The van der Waals surface area contributed by atoms with Crippen LogP contribution in [0.25, 0.3) is 10.9 Å². The molecule has 1 aromatic carbocycles. The monoisotopic (exact) mass is 274 g/mol. The molecule has 0 radical (unpaired) electrons. The second-order valence-electron chi connectivity index (χ2n) is 4.98. The van der Waals surface area contributed by atoms with Crippen molar-refractivity contribution in [2.75, 3.05) is 26.0 Å². The minimum absolute atomic E-state index is 0.0341. The highest BCUT2D eigenvalue weighted by atomic mass is 16.6. The molecule has 0 bridgehead atoms. The van der Waals surface area contributed by atoms with E-state index in [1.165, 1.54) is 6.07 Å². The number of nitro benzene ring substituents is 1. The number of likely N-dealkylation sites (N-methyl/N-ethyl adjacent to an activating group) is 1. The summed E-state index contributed by atoms with van der Waals surface area (Å²) in [5.41, 5.74) is 1.32. The number of hydrogen-bond acceptors (Lipinski definition) is 5. The molecule has 1 aromatic heterocycles. The van der Waals surface area contributed by atoms with Gasteiger partial charge in [0.15, 0.2) is 0 Å². The van der Waals surface area contributed by atoms with Crippen molar-refractivity contribution in [1.29, 1.82) is 0 Å². The molecule has 0 aliphatic rings. The summed E-state index contributed by atoms with van der Waals surface area (Å²) in [6.07, 6.45) is 1.57. The predicted octanol–water partition coefficient (Wildman–Crippen LogP) is 2.51. The first kappa shape index (κ1) is 14.2. The quantitative estimate of drug-likeness (QED) is 0.670. The lowest BCUT2D eigenvalue weighted by Gasteiger charge is -2.21. The van der Waals surface area contributed by atoms with Gasteiger partial charge >= 0.3 is 0 Å². The molecular formula is C14H18N4O2. The molecule has 2 aromatic rings. The number of nitrogens with zero attached hydrogens (tertiary/aromatic N) is 3. The van der Waals surface area contributed by atoms with Crippen LogP contribution in [0.1, 0.15) is 6.92 Å². The number of nitro groups is 1. The van der Waals surface area contributed by atoms with Crippen LogP contribution in [0.5, 0.6) is 0 Å². The average molecular weight is 274 g/mol. The van der Waals surface area contributed by atoms with Gasteiger partial charge in [-0.15, -0.1) is 0 Å². The summed E-state index contributed by atoms with van der Waals surface area (Å²) in [6, 6.07) is 7.23. The number of rotatable bonds is 5. The molecule has 6 heteroatoms. The molecule has 0 saturated carbocycles. The van der Waals surface area contributed by atoms with Gasteiger partial charge in [0.25, 0.3) is 5.69 Å². The maximum atomic E-state index is 11.0. The molecule has 20 heavy (non-hydrogen) atoms. The lowest BCUT2D eigenvalue weighted by Crippen LogP contribution is -2.31. The zero-order valence-electron chi connectivity index (χ0n) is 11.8. The maximum Gasteiger partial charge on any atom is 0.295 e. The van der Waals surface area contributed by atoms with Crippen LogP contribution in [-0.2, 0) is 0 Å². The highest BCUT2D eigenvalue weighted by Gasteiger charge is 2.15. The summed E-state index contributed by atoms with van der Waals surface area (Å²) in [5.74, 6) is 0. The van der Waals surface area contributed by atoms with E-state index in [9.17, 15) is 10.1 Å². The van der Waals surface area contributed by atoms with Gasteiger partial charge in [-0.1, -0.05) is 0 Å². The van der Waals surface area contributed by atoms with Crippen molar-refractivity contribution in [2.45, 2.75) is 13.0 Å². The fourth-order valence-corrected chi connectivity index (χ4v) is 1.90. The van der Waals surface area contributed by atoms with E-state index in [4.69, 9.17) is 0 Å². The Balaban J connectivity index is 2.36. The van der Waals surface area contributed by atoms with E-state index in [0.717, 1.165) is 17.6 Å². The first-order valence-electron chi connectivity index (χ1n) is 6.43. The number of pyridine rings is 1. The molecule has 0 saturated heterocycles. The normalized spacial score (nSPS) is 12.6. The van der Waals surface area contributed by atoms with Crippen LogP contribution in [-0.4, -0.2) is 41.5 Å². The standard InChI is InChI=1S/C14H18N4O2/c1-10(17(2)3)9-16-12-6-7-13(18(19)20)14-11(12)5-4-8-15-14/h4-8,10,16H,9H2,1-3H3. The third-order valence-corrected chi connectivity index (χ3v) is 3.41. The van der Waals surface area contributed by atoms with Gasteiger partial charge in [-0.05, 0) is 39.2 Å². The number of anilines is 1. The Morgan fingerprint density at radius 3 is 2.80 bits per heavy atom. The molecule has 0 amide bonds. The van der Waals surface area contributed by atoms with Gasteiger partial charge < -0.3 is 10.2 Å². The largest absolute Gasteiger partial charge is 0.383 e. The molecule has 0 aliphatic heterocycles. The fourth-order valence-electron chi connectivity index (χ4n) is 1.90. The molecule has 1 atom stereocenters. The molecule has 0 fully saturated rings. The Labute approximate surface area is 117 Å². The lowest BCUT2D eigenvalue weighted by molar-refractivity contribution is -0.383. The van der Waals surface area contributed by atoms with Gasteiger partial charge in [-0.25, -0.2) is 4.98 Å². The lowest BCUT2D eigenvalue weighted by atomic mass is 10.1. The van der Waals surface area contributed by atoms with E-state index in [0.29, 0.717) is 11.6 Å². The first-order valence-corrected chi connectivity index (χ1v) is 6.43. The highest BCUT2D eigenvalue weighted by molar-refractivity contribution is 5.96. The number of non-ortho nitro benzene ring substituents is 1. The summed E-state index contributed by atoms with van der Waals surface area (Å²) in [6.45, 7) is 2.87. The van der Waals surface area contributed by atoms with E-state index in [2.05, 4.69) is 22.1 Å². The summed E-state index contributed by atoms with van der Waals surface area (Å²) in [5, 5.41) is 15.1. The van der Waals surface area contributed by atoms with Crippen LogP contribution < -0.4 is 5.32 Å². The van der Waals surface area contributed by atoms with Crippen LogP contribution in [0.3, 0.4) is 0 Å². The summed E-state index contributed by atoms with van der Waals surface area (Å²) in [4.78, 5) is 16.9. The van der Waals surface area contributed by atoms with Crippen molar-refractivity contribution in [2.24, 2.45) is 0 Å². The Morgan fingerprint density at radius 1 is 1.40 bits per heavy atom. The zero-order chi connectivity index (χ0) is 14.7. The minimum atomic E-state index is -0.401. The highest BCUT2D eigenvalue weighted by Crippen LogP contribution is 2.29. The van der Waals surface area contributed by atoms with Gasteiger partial charge in [-0.3, -0.25) is 10.1 Å².